The largest absolute Gasteiger partial charge is 0.427 e. The van der Waals surface area contributed by atoms with Gasteiger partial charge in [0.25, 0.3) is 0 Å². The molecule has 0 bridgehead atoms. The number of rotatable bonds is 2. The van der Waals surface area contributed by atoms with Crippen LogP contribution in [0.1, 0.15) is 17.3 Å². The molecule has 3 heteroatoms. The topological polar surface area (TPSA) is 43.4 Å². The van der Waals surface area contributed by atoms with Crippen molar-refractivity contribution >= 4 is 12.3 Å². The smallest absolute Gasteiger partial charge is 0.308 e. The molecule has 1 aromatic rings. The number of aldehydes is 1. The summed E-state index contributed by atoms with van der Waals surface area (Å²) in [7, 11) is 0. The minimum Gasteiger partial charge on any atom is -0.427 e. The maximum absolute atomic E-state index is 10.5. The summed E-state index contributed by atoms with van der Waals surface area (Å²) in [5, 5.41) is 0. The summed E-state index contributed by atoms with van der Waals surface area (Å²) in [6, 6.07) is 6.33. The van der Waals surface area contributed by atoms with Crippen LogP contribution in [0.3, 0.4) is 0 Å². The molecule has 0 N–H and O–H groups in total. The summed E-state index contributed by atoms with van der Waals surface area (Å²) >= 11 is 0. The summed E-state index contributed by atoms with van der Waals surface area (Å²) < 4.78 is 4.76. The van der Waals surface area contributed by atoms with E-state index in [4.69, 9.17) is 4.74 Å². The Bertz CT molecular complexity index is 287. The lowest BCUT2D eigenvalue weighted by molar-refractivity contribution is -0.131. The van der Waals surface area contributed by atoms with Crippen molar-refractivity contribution in [1.82, 2.24) is 0 Å². The van der Waals surface area contributed by atoms with Gasteiger partial charge in [-0.25, -0.2) is 0 Å². The van der Waals surface area contributed by atoms with Crippen molar-refractivity contribution in [2.45, 2.75) is 6.92 Å². The van der Waals surface area contributed by atoms with Crippen molar-refractivity contribution in [3.63, 3.8) is 0 Å². The van der Waals surface area contributed by atoms with Crippen LogP contribution in [0, 0.1) is 0 Å². The predicted molar refractivity (Wildman–Crippen MR) is 43.1 cm³/mol. The van der Waals surface area contributed by atoms with Crippen LogP contribution in [0.2, 0.25) is 0 Å². The molecule has 3 nitrogen and oxygen atoms in total. The van der Waals surface area contributed by atoms with Gasteiger partial charge in [-0.2, -0.15) is 0 Å². The molecule has 1 rings (SSSR count). The van der Waals surface area contributed by atoms with Gasteiger partial charge >= 0.3 is 5.97 Å². The average molecular weight is 164 g/mol. The standard InChI is InChI=1S/C9H8O3/c1-7(11)12-9-4-2-8(6-10)3-5-9/h2-6H,1H3. The van der Waals surface area contributed by atoms with E-state index in [9.17, 15) is 9.59 Å². The summed E-state index contributed by atoms with van der Waals surface area (Å²) in [6.45, 7) is 1.33. The number of carbonyl (C=O) groups is 2. The van der Waals surface area contributed by atoms with Gasteiger partial charge in [-0.15, -0.1) is 0 Å². The second-order valence-electron chi connectivity index (χ2n) is 2.28. The van der Waals surface area contributed by atoms with Crippen molar-refractivity contribution in [3.8, 4) is 5.75 Å². The van der Waals surface area contributed by atoms with E-state index in [2.05, 4.69) is 0 Å². The van der Waals surface area contributed by atoms with Crippen molar-refractivity contribution in [2.24, 2.45) is 0 Å². The summed E-state index contributed by atoms with van der Waals surface area (Å²) in [5.74, 6) is 0.0851. The normalized spacial score (nSPS) is 9.08. The Balaban J connectivity index is 2.77. The van der Waals surface area contributed by atoms with E-state index in [1.165, 1.54) is 6.92 Å². The van der Waals surface area contributed by atoms with Crippen LogP contribution in [-0.4, -0.2) is 12.3 Å². The maximum Gasteiger partial charge on any atom is 0.308 e. The summed E-state index contributed by atoms with van der Waals surface area (Å²) in [4.78, 5) is 20.7. The van der Waals surface area contributed by atoms with Crippen LogP contribution in [0.15, 0.2) is 24.3 Å². The number of carbonyl (C=O) groups excluding carboxylic acids is 2. The SMILES string of the molecule is CC(=O)Oc1ccc(C=O)cc1. The van der Waals surface area contributed by atoms with Gasteiger partial charge in [0.15, 0.2) is 0 Å². The second kappa shape index (κ2) is 3.67. The van der Waals surface area contributed by atoms with Gasteiger partial charge in [0.2, 0.25) is 0 Å². The molecule has 0 saturated carbocycles. The Kier molecular flexibility index (Phi) is 2.58. The lowest BCUT2D eigenvalue weighted by Gasteiger charge is -1.99. The molecule has 0 atom stereocenters. The van der Waals surface area contributed by atoms with Crippen LogP contribution < -0.4 is 4.74 Å². The monoisotopic (exact) mass is 164 g/mol. The Hall–Kier alpha value is -1.64. The molecule has 0 amide bonds. The van der Waals surface area contributed by atoms with Crippen molar-refractivity contribution in [3.05, 3.63) is 29.8 Å². The van der Waals surface area contributed by atoms with Crippen LogP contribution in [0.5, 0.6) is 5.75 Å². The molecule has 1 aromatic carbocycles. The fourth-order valence-electron chi connectivity index (χ4n) is 0.780. The first kappa shape index (κ1) is 8.46. The molecule has 0 heterocycles. The van der Waals surface area contributed by atoms with E-state index < -0.39 is 0 Å². The zero-order chi connectivity index (χ0) is 8.97. The molecular weight excluding hydrogens is 156 g/mol. The van der Waals surface area contributed by atoms with E-state index in [-0.39, 0.29) is 5.97 Å². The first-order chi connectivity index (χ1) is 5.72. The number of ether oxygens (including phenoxy) is 1. The third kappa shape index (κ3) is 2.20. The number of hydrogen-bond acceptors (Lipinski definition) is 3. The van der Waals surface area contributed by atoms with Gasteiger partial charge in [-0.05, 0) is 24.3 Å². The quantitative estimate of drug-likeness (QED) is 0.377. The number of hydrogen-bond donors (Lipinski definition) is 0. The molecule has 12 heavy (non-hydrogen) atoms. The second-order valence-corrected chi connectivity index (χ2v) is 2.28. The van der Waals surface area contributed by atoms with Crippen LogP contribution in [0.25, 0.3) is 0 Å². The molecular formula is C9H8O3. The van der Waals surface area contributed by atoms with E-state index in [1.807, 2.05) is 0 Å². The van der Waals surface area contributed by atoms with E-state index in [1.54, 1.807) is 24.3 Å². The van der Waals surface area contributed by atoms with Crippen molar-refractivity contribution < 1.29 is 14.3 Å². The van der Waals surface area contributed by atoms with Gasteiger partial charge in [-0.3, -0.25) is 9.59 Å². The highest BCUT2D eigenvalue weighted by Gasteiger charge is 1.96. The zero-order valence-electron chi connectivity index (χ0n) is 6.61. The number of esters is 1. The van der Waals surface area contributed by atoms with Gasteiger partial charge in [0, 0.05) is 12.5 Å². The van der Waals surface area contributed by atoms with E-state index in [0.717, 1.165) is 6.29 Å². The molecule has 0 aliphatic heterocycles. The molecule has 0 spiro atoms. The van der Waals surface area contributed by atoms with Crippen molar-refractivity contribution in [2.75, 3.05) is 0 Å². The molecule has 0 fully saturated rings. The third-order valence-electron chi connectivity index (χ3n) is 1.28. The van der Waals surface area contributed by atoms with Crippen LogP contribution in [0.4, 0.5) is 0 Å². The third-order valence-corrected chi connectivity index (χ3v) is 1.28. The molecule has 0 saturated heterocycles. The molecule has 0 unspecified atom stereocenters. The first-order valence-electron chi connectivity index (χ1n) is 3.46. The Labute approximate surface area is 70.0 Å². The first-order valence-corrected chi connectivity index (χ1v) is 3.46. The Morgan fingerprint density at radius 2 is 1.92 bits per heavy atom. The zero-order valence-corrected chi connectivity index (χ0v) is 6.61. The summed E-state index contributed by atoms with van der Waals surface area (Å²) in [5.41, 5.74) is 0.561. The average Bonchev–Trinajstić information content (AvgIpc) is 2.05. The highest BCUT2D eigenvalue weighted by Crippen LogP contribution is 2.10. The van der Waals surface area contributed by atoms with Gasteiger partial charge in [0.1, 0.15) is 12.0 Å². The molecule has 62 valence electrons. The van der Waals surface area contributed by atoms with Gasteiger partial charge < -0.3 is 4.74 Å². The number of benzene rings is 1. The van der Waals surface area contributed by atoms with E-state index in [0.29, 0.717) is 11.3 Å². The molecule has 0 aromatic heterocycles. The lowest BCUT2D eigenvalue weighted by Crippen LogP contribution is -2.00. The van der Waals surface area contributed by atoms with Crippen molar-refractivity contribution in [1.29, 1.82) is 0 Å². The Morgan fingerprint density at radius 1 is 1.33 bits per heavy atom. The van der Waals surface area contributed by atoms with Gasteiger partial charge in [0.05, 0.1) is 0 Å². The van der Waals surface area contributed by atoms with Gasteiger partial charge in [-0.1, -0.05) is 0 Å². The fraction of sp³-hybridized carbons (Fsp3) is 0.111. The molecule has 0 aliphatic carbocycles. The van der Waals surface area contributed by atoms with Crippen LogP contribution in [-0.2, 0) is 4.79 Å². The maximum atomic E-state index is 10.5. The Morgan fingerprint density at radius 3 is 2.33 bits per heavy atom. The lowest BCUT2D eigenvalue weighted by atomic mass is 10.2. The fourth-order valence-corrected chi connectivity index (χ4v) is 0.780. The predicted octanol–water partition coefficient (Wildman–Crippen LogP) is 1.42. The minimum absolute atomic E-state index is 0.367. The van der Waals surface area contributed by atoms with E-state index >= 15 is 0 Å². The van der Waals surface area contributed by atoms with Crippen LogP contribution >= 0.6 is 0 Å². The summed E-state index contributed by atoms with van der Waals surface area (Å²) in [6.07, 6.45) is 0.734. The minimum atomic E-state index is -0.367. The highest BCUT2D eigenvalue weighted by molar-refractivity contribution is 5.75. The molecule has 0 radical (unpaired) electrons. The highest BCUT2D eigenvalue weighted by atomic mass is 16.5. The molecule has 0 aliphatic rings.